The number of aliphatic hydroxyl groups is 1. The summed E-state index contributed by atoms with van der Waals surface area (Å²) >= 11 is 0. The Morgan fingerprint density at radius 2 is 1.86 bits per heavy atom. The van der Waals surface area contributed by atoms with Crippen molar-refractivity contribution in [1.82, 2.24) is 0 Å². The Labute approximate surface area is 120 Å². The Hall–Kier alpha value is -2.47. The summed E-state index contributed by atoms with van der Waals surface area (Å²) in [6.07, 6.45) is -0.820. The number of aliphatic hydroxyl groups excluding tert-OH is 1. The maximum absolute atomic E-state index is 13.4. The van der Waals surface area contributed by atoms with Crippen molar-refractivity contribution in [3.05, 3.63) is 65.2 Å². The maximum Gasteiger partial charge on any atom is 0.411 e. The molecule has 2 aromatic carbocycles. The van der Waals surface area contributed by atoms with Crippen LogP contribution >= 0.6 is 0 Å². The Kier molecular flexibility index (Phi) is 4.84. The molecule has 110 valence electrons. The van der Waals surface area contributed by atoms with E-state index in [1.54, 1.807) is 24.3 Å². The first-order chi connectivity index (χ1) is 10.1. The normalized spacial score (nSPS) is 10.2. The van der Waals surface area contributed by atoms with Crippen molar-refractivity contribution in [2.45, 2.75) is 13.2 Å². The van der Waals surface area contributed by atoms with Crippen molar-refractivity contribution in [1.29, 1.82) is 0 Å². The summed E-state index contributed by atoms with van der Waals surface area (Å²) in [4.78, 5) is 11.6. The van der Waals surface area contributed by atoms with Gasteiger partial charge in [-0.05, 0) is 17.7 Å². The smallest absolute Gasteiger partial charge is 0.411 e. The van der Waals surface area contributed by atoms with Gasteiger partial charge in [-0.2, -0.15) is 0 Å². The van der Waals surface area contributed by atoms with Crippen molar-refractivity contribution < 1.29 is 23.4 Å². The topological polar surface area (TPSA) is 58.6 Å². The highest BCUT2D eigenvalue weighted by molar-refractivity contribution is 5.85. The number of rotatable bonds is 4. The Morgan fingerprint density at radius 3 is 2.52 bits per heavy atom. The van der Waals surface area contributed by atoms with Crippen LogP contribution in [-0.2, 0) is 18.0 Å². The molecule has 0 aliphatic rings. The van der Waals surface area contributed by atoms with Gasteiger partial charge in [0.05, 0.1) is 12.3 Å². The Balaban J connectivity index is 2.01. The molecule has 0 aliphatic carbocycles. The van der Waals surface area contributed by atoms with Crippen LogP contribution in [0.5, 0.6) is 0 Å². The zero-order valence-corrected chi connectivity index (χ0v) is 11.0. The molecule has 6 heteroatoms. The third kappa shape index (κ3) is 3.76. The van der Waals surface area contributed by atoms with E-state index in [0.717, 1.165) is 17.7 Å². The van der Waals surface area contributed by atoms with Crippen LogP contribution in [0.1, 0.15) is 11.1 Å². The molecular weight excluding hydrogens is 280 g/mol. The molecule has 0 fully saturated rings. The molecule has 0 heterocycles. The zero-order valence-electron chi connectivity index (χ0n) is 11.0. The number of ether oxygens (including phenoxy) is 1. The van der Waals surface area contributed by atoms with Gasteiger partial charge in [0.25, 0.3) is 0 Å². The molecule has 0 radical (unpaired) electrons. The van der Waals surface area contributed by atoms with E-state index in [2.05, 4.69) is 5.32 Å². The second-order valence-corrected chi connectivity index (χ2v) is 4.23. The van der Waals surface area contributed by atoms with Gasteiger partial charge in [0.15, 0.2) is 11.6 Å². The molecule has 0 aliphatic heterocycles. The van der Waals surface area contributed by atoms with Crippen LogP contribution in [0.2, 0.25) is 0 Å². The lowest BCUT2D eigenvalue weighted by Crippen LogP contribution is -2.15. The fourth-order valence-corrected chi connectivity index (χ4v) is 1.73. The van der Waals surface area contributed by atoms with Crippen LogP contribution in [0.4, 0.5) is 19.3 Å². The minimum Gasteiger partial charge on any atom is -0.444 e. The number of carbonyl (C=O) groups excluding carboxylic acids is 1. The van der Waals surface area contributed by atoms with Crippen molar-refractivity contribution in [2.24, 2.45) is 0 Å². The Bertz CT molecular complexity index is 632. The average molecular weight is 293 g/mol. The van der Waals surface area contributed by atoms with E-state index >= 15 is 0 Å². The van der Waals surface area contributed by atoms with Crippen molar-refractivity contribution in [3.63, 3.8) is 0 Å². The molecule has 1 amide bonds. The van der Waals surface area contributed by atoms with Crippen molar-refractivity contribution >= 4 is 11.8 Å². The number of carbonyl (C=O) groups is 1. The number of hydrogen-bond donors (Lipinski definition) is 2. The SMILES string of the molecule is O=C(Nc1ccc(F)c(F)c1CO)OCc1ccccc1. The number of benzene rings is 2. The third-order valence-corrected chi connectivity index (χ3v) is 2.80. The summed E-state index contributed by atoms with van der Waals surface area (Å²) in [6, 6.07) is 11.0. The lowest BCUT2D eigenvalue weighted by atomic mass is 10.1. The van der Waals surface area contributed by atoms with Gasteiger partial charge in [0, 0.05) is 5.56 Å². The molecule has 2 N–H and O–H groups in total. The first-order valence-electron chi connectivity index (χ1n) is 6.17. The van der Waals surface area contributed by atoms with Crippen LogP contribution < -0.4 is 5.32 Å². The molecule has 2 rings (SSSR count). The maximum atomic E-state index is 13.4. The summed E-state index contributed by atoms with van der Waals surface area (Å²) < 4.78 is 31.4. The number of amides is 1. The fourth-order valence-electron chi connectivity index (χ4n) is 1.73. The molecule has 0 bridgehead atoms. The van der Waals surface area contributed by atoms with Crippen LogP contribution in [0.3, 0.4) is 0 Å². The highest BCUT2D eigenvalue weighted by atomic mass is 19.2. The lowest BCUT2D eigenvalue weighted by Gasteiger charge is -2.11. The molecule has 0 saturated carbocycles. The zero-order chi connectivity index (χ0) is 15.2. The van der Waals surface area contributed by atoms with Gasteiger partial charge in [0.1, 0.15) is 6.61 Å². The van der Waals surface area contributed by atoms with Crippen LogP contribution in [-0.4, -0.2) is 11.2 Å². The minimum absolute atomic E-state index is 0.0329. The molecule has 2 aromatic rings. The molecule has 0 atom stereocenters. The van der Waals surface area contributed by atoms with Gasteiger partial charge in [-0.3, -0.25) is 5.32 Å². The van der Waals surface area contributed by atoms with Gasteiger partial charge in [-0.15, -0.1) is 0 Å². The van der Waals surface area contributed by atoms with Crippen LogP contribution in [0.15, 0.2) is 42.5 Å². The molecule has 0 aromatic heterocycles. The molecule has 0 unspecified atom stereocenters. The van der Waals surface area contributed by atoms with Gasteiger partial charge in [0.2, 0.25) is 0 Å². The van der Waals surface area contributed by atoms with E-state index < -0.39 is 24.3 Å². The van der Waals surface area contributed by atoms with E-state index in [4.69, 9.17) is 9.84 Å². The van der Waals surface area contributed by atoms with Crippen molar-refractivity contribution in [2.75, 3.05) is 5.32 Å². The number of nitrogens with one attached hydrogen (secondary N) is 1. The number of halogens is 2. The van der Waals surface area contributed by atoms with E-state index in [1.807, 2.05) is 6.07 Å². The van der Waals surface area contributed by atoms with Gasteiger partial charge in [-0.1, -0.05) is 30.3 Å². The van der Waals surface area contributed by atoms with Gasteiger partial charge < -0.3 is 9.84 Å². The summed E-state index contributed by atoms with van der Waals surface area (Å²) in [6.45, 7) is -0.692. The van der Waals surface area contributed by atoms with E-state index in [9.17, 15) is 13.6 Å². The minimum atomic E-state index is -1.20. The average Bonchev–Trinajstić information content (AvgIpc) is 2.50. The largest absolute Gasteiger partial charge is 0.444 e. The van der Waals surface area contributed by atoms with Gasteiger partial charge in [-0.25, -0.2) is 13.6 Å². The van der Waals surface area contributed by atoms with E-state index in [0.29, 0.717) is 0 Å². The second-order valence-electron chi connectivity index (χ2n) is 4.23. The molecule has 4 nitrogen and oxygen atoms in total. The highest BCUT2D eigenvalue weighted by Crippen LogP contribution is 2.21. The van der Waals surface area contributed by atoms with E-state index in [-0.39, 0.29) is 17.9 Å². The summed E-state index contributed by atoms with van der Waals surface area (Å²) in [5, 5.41) is 11.3. The van der Waals surface area contributed by atoms with Gasteiger partial charge >= 0.3 is 6.09 Å². The van der Waals surface area contributed by atoms with E-state index in [1.165, 1.54) is 0 Å². The first-order valence-corrected chi connectivity index (χ1v) is 6.17. The molecule has 21 heavy (non-hydrogen) atoms. The first kappa shape index (κ1) is 14.9. The predicted molar refractivity (Wildman–Crippen MR) is 72.5 cm³/mol. The molecule has 0 saturated heterocycles. The summed E-state index contributed by atoms with van der Waals surface area (Å²) in [5.41, 5.74) is 0.432. The number of anilines is 1. The Morgan fingerprint density at radius 1 is 1.14 bits per heavy atom. The monoisotopic (exact) mass is 293 g/mol. The quantitative estimate of drug-likeness (QED) is 0.910. The second kappa shape index (κ2) is 6.81. The lowest BCUT2D eigenvalue weighted by molar-refractivity contribution is 0.155. The highest BCUT2D eigenvalue weighted by Gasteiger charge is 2.15. The summed E-state index contributed by atoms with van der Waals surface area (Å²) in [7, 11) is 0. The third-order valence-electron chi connectivity index (χ3n) is 2.80. The molecule has 0 spiro atoms. The fraction of sp³-hybridized carbons (Fsp3) is 0.133. The standard InChI is InChI=1S/C15H13F2NO3/c16-12-6-7-13(11(8-19)14(12)17)18-15(20)21-9-10-4-2-1-3-5-10/h1-7,19H,8-9H2,(H,18,20). The molecular formula is C15H13F2NO3. The van der Waals surface area contributed by atoms with Crippen LogP contribution in [0, 0.1) is 11.6 Å². The number of hydrogen-bond acceptors (Lipinski definition) is 3. The summed E-state index contributed by atoms with van der Waals surface area (Å²) in [5.74, 6) is -2.29. The van der Waals surface area contributed by atoms with Crippen LogP contribution in [0.25, 0.3) is 0 Å². The van der Waals surface area contributed by atoms with Crippen molar-refractivity contribution in [3.8, 4) is 0 Å². The predicted octanol–water partition coefficient (Wildman–Crippen LogP) is 3.21.